The average molecular weight is 347 g/mol. The largest absolute Gasteiger partial charge is 0.366 e. The number of nitrogens with one attached hydrogen (secondary N) is 1. The van der Waals surface area contributed by atoms with Crippen molar-refractivity contribution in [2.24, 2.45) is 12.8 Å². The van der Waals surface area contributed by atoms with E-state index in [0.717, 1.165) is 12.1 Å². The lowest BCUT2D eigenvalue weighted by Crippen LogP contribution is -2.49. The molecule has 1 aliphatic rings. The molecule has 1 fully saturated rings. The minimum atomic E-state index is -0.545. The molecule has 2 heterocycles. The molecule has 1 saturated heterocycles. The molecule has 1 aliphatic heterocycles. The summed E-state index contributed by atoms with van der Waals surface area (Å²) in [7, 11) is 1.73. The summed E-state index contributed by atoms with van der Waals surface area (Å²) in [5.41, 5.74) is 7.06. The normalized spacial score (nSPS) is 17.8. The third-order valence-electron chi connectivity index (χ3n) is 4.25. The van der Waals surface area contributed by atoms with Gasteiger partial charge in [-0.05, 0) is 23.8 Å². The predicted octanol–water partition coefficient (Wildman–Crippen LogP) is 1.56. The highest BCUT2D eigenvalue weighted by Gasteiger charge is 2.30. The number of aryl methyl sites for hydroxylation is 1. The van der Waals surface area contributed by atoms with Crippen molar-refractivity contribution in [3.63, 3.8) is 0 Å². The highest BCUT2D eigenvalue weighted by molar-refractivity contribution is 6.30. The smallest absolute Gasteiger partial charge is 0.271 e. The van der Waals surface area contributed by atoms with Gasteiger partial charge in [-0.15, -0.1) is 0 Å². The van der Waals surface area contributed by atoms with E-state index in [-0.39, 0.29) is 11.9 Å². The van der Waals surface area contributed by atoms with Crippen LogP contribution in [0.15, 0.2) is 36.5 Å². The number of aromatic nitrogens is 1. The second kappa shape index (κ2) is 6.67. The highest BCUT2D eigenvalue weighted by atomic mass is 35.5. The van der Waals surface area contributed by atoms with Crippen LogP contribution in [0.3, 0.4) is 0 Å². The van der Waals surface area contributed by atoms with Gasteiger partial charge in [0, 0.05) is 37.9 Å². The van der Waals surface area contributed by atoms with Crippen LogP contribution in [0.25, 0.3) is 0 Å². The van der Waals surface area contributed by atoms with Crippen LogP contribution < -0.4 is 11.1 Å². The van der Waals surface area contributed by atoms with Gasteiger partial charge in [0.1, 0.15) is 5.69 Å². The minimum Gasteiger partial charge on any atom is -0.366 e. The molecule has 0 radical (unpaired) electrons. The van der Waals surface area contributed by atoms with E-state index >= 15 is 0 Å². The van der Waals surface area contributed by atoms with Gasteiger partial charge < -0.3 is 20.5 Å². The Bertz CT molecular complexity index is 787. The van der Waals surface area contributed by atoms with Gasteiger partial charge in [-0.3, -0.25) is 9.59 Å². The van der Waals surface area contributed by atoms with Gasteiger partial charge in [0.05, 0.1) is 11.6 Å². The van der Waals surface area contributed by atoms with E-state index < -0.39 is 5.91 Å². The first-order chi connectivity index (χ1) is 11.5. The first kappa shape index (κ1) is 16.5. The number of nitrogens with two attached hydrogens (primary N) is 1. The van der Waals surface area contributed by atoms with E-state index in [1.807, 2.05) is 29.2 Å². The molecule has 3 rings (SSSR count). The third-order valence-corrected chi connectivity index (χ3v) is 4.48. The first-order valence-corrected chi connectivity index (χ1v) is 8.08. The van der Waals surface area contributed by atoms with Crippen LogP contribution in [0.4, 0.5) is 0 Å². The standard InChI is InChI=1S/C17H19ClN4O2/c1-21-10-12(16(19)23)8-14(21)17(24)22-6-5-20-9-15(22)11-3-2-4-13(18)7-11/h2-4,7-8,10,15,20H,5-6,9H2,1H3,(H2,19,23). The molecule has 3 N–H and O–H groups in total. The molecule has 1 aromatic heterocycles. The highest BCUT2D eigenvalue weighted by Crippen LogP contribution is 2.26. The van der Waals surface area contributed by atoms with Crippen molar-refractivity contribution >= 4 is 23.4 Å². The number of nitrogens with zero attached hydrogens (tertiary/aromatic N) is 2. The zero-order valence-electron chi connectivity index (χ0n) is 13.3. The van der Waals surface area contributed by atoms with Crippen molar-refractivity contribution in [2.75, 3.05) is 19.6 Å². The van der Waals surface area contributed by atoms with Crippen molar-refractivity contribution in [3.05, 3.63) is 58.4 Å². The fourth-order valence-corrected chi connectivity index (χ4v) is 3.22. The molecule has 0 saturated carbocycles. The zero-order chi connectivity index (χ0) is 17.3. The number of primary amides is 1. The van der Waals surface area contributed by atoms with Gasteiger partial charge in [0.25, 0.3) is 5.91 Å². The number of carbonyl (C=O) groups excluding carboxylic acids is 2. The quantitative estimate of drug-likeness (QED) is 0.885. The average Bonchev–Trinajstić information content (AvgIpc) is 2.96. The van der Waals surface area contributed by atoms with Crippen LogP contribution in [0, 0.1) is 0 Å². The molecule has 2 amide bonds. The van der Waals surface area contributed by atoms with Crippen molar-refractivity contribution in [2.45, 2.75) is 6.04 Å². The minimum absolute atomic E-state index is 0.114. The Morgan fingerprint density at radius 3 is 2.79 bits per heavy atom. The molecule has 1 aromatic carbocycles. The predicted molar refractivity (Wildman–Crippen MR) is 92.0 cm³/mol. The second-order valence-electron chi connectivity index (χ2n) is 5.86. The number of carbonyl (C=O) groups is 2. The first-order valence-electron chi connectivity index (χ1n) is 7.70. The Kier molecular flexibility index (Phi) is 4.59. The van der Waals surface area contributed by atoms with Crippen molar-refractivity contribution in [1.82, 2.24) is 14.8 Å². The maximum Gasteiger partial charge on any atom is 0.271 e. The summed E-state index contributed by atoms with van der Waals surface area (Å²) in [6, 6.07) is 8.95. The van der Waals surface area contributed by atoms with Gasteiger partial charge in [0.2, 0.25) is 5.91 Å². The van der Waals surface area contributed by atoms with Gasteiger partial charge in [-0.2, -0.15) is 0 Å². The fourth-order valence-electron chi connectivity index (χ4n) is 3.02. The van der Waals surface area contributed by atoms with E-state index in [1.54, 1.807) is 23.9 Å². The summed E-state index contributed by atoms with van der Waals surface area (Å²) in [4.78, 5) is 26.2. The van der Waals surface area contributed by atoms with Crippen molar-refractivity contribution in [1.29, 1.82) is 0 Å². The Balaban J connectivity index is 1.93. The molecule has 1 unspecified atom stereocenters. The number of piperazine rings is 1. The number of hydrogen-bond acceptors (Lipinski definition) is 3. The van der Waals surface area contributed by atoms with Crippen molar-refractivity contribution in [3.8, 4) is 0 Å². The molecule has 0 spiro atoms. The van der Waals surface area contributed by atoms with E-state index in [0.29, 0.717) is 29.4 Å². The number of hydrogen-bond donors (Lipinski definition) is 2. The lowest BCUT2D eigenvalue weighted by atomic mass is 10.0. The summed E-state index contributed by atoms with van der Waals surface area (Å²) in [5, 5.41) is 3.95. The summed E-state index contributed by atoms with van der Waals surface area (Å²) >= 11 is 6.09. The summed E-state index contributed by atoms with van der Waals surface area (Å²) in [5.74, 6) is -0.673. The number of halogens is 1. The molecule has 0 bridgehead atoms. The number of amides is 2. The SMILES string of the molecule is Cn1cc(C(N)=O)cc1C(=O)N1CCNCC1c1cccc(Cl)c1. The zero-order valence-corrected chi connectivity index (χ0v) is 14.1. The Morgan fingerprint density at radius 1 is 1.33 bits per heavy atom. The maximum atomic E-state index is 13.0. The number of rotatable bonds is 3. The van der Waals surface area contributed by atoms with Crippen LogP contribution in [-0.2, 0) is 7.05 Å². The molecule has 6 nitrogen and oxygen atoms in total. The molecule has 7 heteroatoms. The monoisotopic (exact) mass is 346 g/mol. The van der Waals surface area contributed by atoms with Crippen LogP contribution >= 0.6 is 11.6 Å². The van der Waals surface area contributed by atoms with E-state index in [9.17, 15) is 9.59 Å². The summed E-state index contributed by atoms with van der Waals surface area (Å²) in [6.45, 7) is 1.95. The molecule has 2 aromatic rings. The van der Waals surface area contributed by atoms with Crippen LogP contribution in [0.2, 0.25) is 5.02 Å². The molecule has 126 valence electrons. The second-order valence-corrected chi connectivity index (χ2v) is 6.30. The molecular weight excluding hydrogens is 328 g/mol. The summed E-state index contributed by atoms with van der Waals surface area (Å²) in [6.07, 6.45) is 1.58. The summed E-state index contributed by atoms with van der Waals surface area (Å²) < 4.78 is 1.64. The van der Waals surface area contributed by atoms with E-state index in [4.69, 9.17) is 17.3 Å². The van der Waals surface area contributed by atoms with Gasteiger partial charge in [0.15, 0.2) is 0 Å². The molecule has 0 aliphatic carbocycles. The van der Waals surface area contributed by atoms with Crippen molar-refractivity contribution < 1.29 is 9.59 Å². The topological polar surface area (TPSA) is 80.4 Å². The van der Waals surface area contributed by atoms with Crippen LogP contribution in [-0.4, -0.2) is 40.9 Å². The third kappa shape index (κ3) is 3.16. The molecule has 24 heavy (non-hydrogen) atoms. The fraction of sp³-hybridized carbons (Fsp3) is 0.294. The van der Waals surface area contributed by atoms with Crippen LogP contribution in [0.1, 0.15) is 32.5 Å². The van der Waals surface area contributed by atoms with Gasteiger partial charge >= 0.3 is 0 Å². The Hall–Kier alpha value is -2.31. The Labute approximate surface area is 145 Å². The Morgan fingerprint density at radius 2 is 2.12 bits per heavy atom. The molecule has 1 atom stereocenters. The lowest BCUT2D eigenvalue weighted by Gasteiger charge is -2.36. The molecular formula is C17H19ClN4O2. The maximum absolute atomic E-state index is 13.0. The van der Waals surface area contributed by atoms with Gasteiger partial charge in [-0.1, -0.05) is 23.7 Å². The van der Waals surface area contributed by atoms with E-state index in [2.05, 4.69) is 5.32 Å². The lowest BCUT2D eigenvalue weighted by molar-refractivity contribution is 0.0624. The van der Waals surface area contributed by atoms with Crippen LogP contribution in [0.5, 0.6) is 0 Å². The van der Waals surface area contributed by atoms with Gasteiger partial charge in [-0.25, -0.2) is 0 Å². The van der Waals surface area contributed by atoms with E-state index in [1.165, 1.54) is 0 Å². The number of benzene rings is 1.